The normalized spacial score (nSPS) is 8.20. The molecule has 0 aliphatic heterocycles. The Balaban J connectivity index is 3.47. The smallest absolute Gasteiger partial charge is 0.415 e. The Labute approximate surface area is 57.7 Å². The molecule has 0 aliphatic carbocycles. The lowest BCUT2D eigenvalue weighted by atomic mass is 10.8. The van der Waals surface area contributed by atoms with Gasteiger partial charge in [0, 0.05) is 0 Å². The molecular weight excluding hydrogens is 138 g/mol. The van der Waals surface area contributed by atoms with Crippen LogP contribution in [0.15, 0.2) is 0 Å². The molecule has 0 rings (SSSR count). The van der Waals surface area contributed by atoms with Crippen LogP contribution >= 0.6 is 0 Å². The molecule has 0 unspecified atom stereocenters. The van der Waals surface area contributed by atoms with Crippen molar-refractivity contribution in [3.63, 3.8) is 0 Å². The van der Waals surface area contributed by atoms with E-state index in [4.69, 9.17) is 0 Å². The standard InChI is InChI=1S/C4H9N3O3/c1-2-10-4(9)6-3(8)7-5/h2,5H2,1H3,(H2,6,7,8,9). The first kappa shape index (κ1) is 8.70. The fraction of sp³-hybridized carbons (Fsp3) is 0.500. The number of ether oxygens (including phenoxy) is 1. The number of nitrogens with one attached hydrogen (secondary N) is 2. The third-order valence-corrected chi connectivity index (χ3v) is 0.622. The SMILES string of the molecule is CCOC(=O)NC(=O)NN. The van der Waals surface area contributed by atoms with Gasteiger partial charge in [0.2, 0.25) is 0 Å². The van der Waals surface area contributed by atoms with Gasteiger partial charge >= 0.3 is 12.1 Å². The molecule has 0 bridgehead atoms. The van der Waals surface area contributed by atoms with Gasteiger partial charge in [0.25, 0.3) is 0 Å². The summed E-state index contributed by atoms with van der Waals surface area (Å²) in [4.78, 5) is 20.6. The molecule has 0 spiro atoms. The maximum atomic E-state index is 10.4. The van der Waals surface area contributed by atoms with Gasteiger partial charge in [0.05, 0.1) is 6.61 Å². The molecule has 6 nitrogen and oxygen atoms in total. The zero-order valence-electron chi connectivity index (χ0n) is 5.51. The van der Waals surface area contributed by atoms with Gasteiger partial charge in [0.15, 0.2) is 0 Å². The number of hydrogen-bond donors (Lipinski definition) is 3. The lowest BCUT2D eigenvalue weighted by molar-refractivity contribution is 0.153. The number of amides is 3. The van der Waals surface area contributed by atoms with Crippen LogP contribution < -0.4 is 16.6 Å². The molecule has 0 aliphatic rings. The largest absolute Gasteiger partial charge is 0.450 e. The van der Waals surface area contributed by atoms with E-state index in [9.17, 15) is 9.59 Å². The highest BCUT2D eigenvalue weighted by Gasteiger charge is 2.03. The minimum absolute atomic E-state index is 0.212. The van der Waals surface area contributed by atoms with Crippen LogP contribution in [-0.4, -0.2) is 18.7 Å². The van der Waals surface area contributed by atoms with E-state index in [0.717, 1.165) is 0 Å². The van der Waals surface area contributed by atoms with Gasteiger partial charge in [0.1, 0.15) is 0 Å². The van der Waals surface area contributed by atoms with Crippen LogP contribution in [0.4, 0.5) is 9.59 Å². The number of nitrogens with two attached hydrogens (primary N) is 1. The van der Waals surface area contributed by atoms with Crippen molar-refractivity contribution in [3.8, 4) is 0 Å². The lowest BCUT2D eigenvalue weighted by Gasteiger charge is -2.01. The van der Waals surface area contributed by atoms with E-state index in [1.54, 1.807) is 17.7 Å². The van der Waals surface area contributed by atoms with E-state index in [1.165, 1.54) is 0 Å². The van der Waals surface area contributed by atoms with E-state index in [1.807, 2.05) is 0 Å². The molecule has 10 heavy (non-hydrogen) atoms. The molecule has 58 valence electrons. The van der Waals surface area contributed by atoms with E-state index in [0.29, 0.717) is 0 Å². The van der Waals surface area contributed by atoms with E-state index < -0.39 is 12.1 Å². The van der Waals surface area contributed by atoms with Crippen molar-refractivity contribution in [3.05, 3.63) is 0 Å². The van der Waals surface area contributed by atoms with Gasteiger partial charge in [-0.25, -0.2) is 20.7 Å². The number of hydrazine groups is 1. The summed E-state index contributed by atoms with van der Waals surface area (Å²) < 4.78 is 4.35. The molecular formula is C4H9N3O3. The number of imide groups is 1. The van der Waals surface area contributed by atoms with Crippen LogP contribution in [0.1, 0.15) is 6.92 Å². The summed E-state index contributed by atoms with van der Waals surface area (Å²) in [7, 11) is 0. The van der Waals surface area contributed by atoms with Crippen LogP contribution in [0.3, 0.4) is 0 Å². The molecule has 0 atom stereocenters. The third kappa shape index (κ3) is 3.67. The fourth-order valence-electron chi connectivity index (χ4n) is 0.296. The topological polar surface area (TPSA) is 93.4 Å². The maximum Gasteiger partial charge on any atom is 0.415 e. The zero-order valence-corrected chi connectivity index (χ0v) is 5.51. The van der Waals surface area contributed by atoms with Gasteiger partial charge in [-0.15, -0.1) is 0 Å². The molecule has 4 N–H and O–H groups in total. The van der Waals surface area contributed by atoms with Crippen LogP contribution in [0.25, 0.3) is 0 Å². The molecule has 0 fully saturated rings. The Bertz CT molecular complexity index is 136. The summed E-state index contributed by atoms with van der Waals surface area (Å²) in [6.07, 6.45) is -0.814. The number of urea groups is 1. The second-order valence-corrected chi connectivity index (χ2v) is 1.32. The molecule has 0 heterocycles. The fourth-order valence-corrected chi connectivity index (χ4v) is 0.296. The van der Waals surface area contributed by atoms with Gasteiger partial charge in [-0.3, -0.25) is 5.43 Å². The van der Waals surface area contributed by atoms with Crippen molar-refractivity contribution < 1.29 is 14.3 Å². The number of rotatable bonds is 1. The van der Waals surface area contributed by atoms with Crippen LogP contribution in [0.5, 0.6) is 0 Å². The third-order valence-electron chi connectivity index (χ3n) is 0.622. The molecule has 3 amide bonds. The summed E-state index contributed by atoms with van der Waals surface area (Å²) in [5.74, 6) is 4.65. The second-order valence-electron chi connectivity index (χ2n) is 1.32. The summed E-state index contributed by atoms with van der Waals surface area (Å²) in [6.45, 7) is 1.84. The monoisotopic (exact) mass is 147 g/mol. The number of carbonyl (C=O) groups is 2. The quantitative estimate of drug-likeness (QED) is 0.260. The van der Waals surface area contributed by atoms with Crippen molar-refractivity contribution in [2.45, 2.75) is 6.92 Å². The average molecular weight is 147 g/mol. The van der Waals surface area contributed by atoms with Crippen LogP contribution in [-0.2, 0) is 4.74 Å². The molecule has 0 saturated carbocycles. The van der Waals surface area contributed by atoms with Crippen molar-refractivity contribution in [1.29, 1.82) is 0 Å². The minimum Gasteiger partial charge on any atom is -0.450 e. The Morgan fingerprint density at radius 2 is 2.20 bits per heavy atom. The number of alkyl carbamates (subject to hydrolysis) is 1. The van der Waals surface area contributed by atoms with Crippen LogP contribution in [0.2, 0.25) is 0 Å². The van der Waals surface area contributed by atoms with E-state index in [-0.39, 0.29) is 6.61 Å². The molecule has 0 aromatic rings. The van der Waals surface area contributed by atoms with Gasteiger partial charge in [-0.05, 0) is 6.92 Å². The van der Waals surface area contributed by atoms with Gasteiger partial charge in [-0.2, -0.15) is 0 Å². The molecule has 6 heteroatoms. The number of hydrogen-bond acceptors (Lipinski definition) is 4. The van der Waals surface area contributed by atoms with Gasteiger partial charge < -0.3 is 4.74 Å². The first-order chi connectivity index (χ1) is 4.70. The molecule has 0 aromatic heterocycles. The zero-order chi connectivity index (χ0) is 7.98. The Hall–Kier alpha value is -1.30. The maximum absolute atomic E-state index is 10.4. The second kappa shape index (κ2) is 4.57. The van der Waals surface area contributed by atoms with Crippen molar-refractivity contribution in [2.75, 3.05) is 6.61 Å². The Kier molecular flexibility index (Phi) is 3.97. The van der Waals surface area contributed by atoms with E-state index >= 15 is 0 Å². The molecule has 0 saturated heterocycles. The summed E-state index contributed by atoms with van der Waals surface area (Å²) in [5, 5.41) is 1.79. The highest BCUT2D eigenvalue weighted by Crippen LogP contribution is 1.74. The lowest BCUT2D eigenvalue weighted by Crippen LogP contribution is -2.43. The first-order valence-corrected chi connectivity index (χ1v) is 2.65. The average Bonchev–Trinajstić information content (AvgIpc) is 1.88. The van der Waals surface area contributed by atoms with Crippen molar-refractivity contribution in [2.24, 2.45) is 5.84 Å². The predicted octanol–water partition coefficient (Wildman–Crippen LogP) is -0.684. The van der Waals surface area contributed by atoms with E-state index in [2.05, 4.69) is 10.6 Å². The summed E-state index contributed by atoms with van der Waals surface area (Å²) in [6, 6.07) is -0.793. The first-order valence-electron chi connectivity index (χ1n) is 2.65. The number of carbonyl (C=O) groups excluding carboxylic acids is 2. The Morgan fingerprint density at radius 3 is 2.60 bits per heavy atom. The summed E-state index contributed by atoms with van der Waals surface area (Å²) in [5.41, 5.74) is 1.70. The molecule has 0 aromatic carbocycles. The highest BCUT2D eigenvalue weighted by atomic mass is 16.5. The van der Waals surface area contributed by atoms with Gasteiger partial charge in [-0.1, -0.05) is 0 Å². The highest BCUT2D eigenvalue weighted by molar-refractivity contribution is 5.90. The van der Waals surface area contributed by atoms with Crippen LogP contribution in [0, 0.1) is 0 Å². The predicted molar refractivity (Wildman–Crippen MR) is 32.9 cm³/mol. The summed E-state index contributed by atoms with van der Waals surface area (Å²) >= 11 is 0. The van der Waals surface area contributed by atoms with Crippen molar-refractivity contribution >= 4 is 12.1 Å². The minimum atomic E-state index is -0.814. The van der Waals surface area contributed by atoms with Crippen molar-refractivity contribution in [1.82, 2.24) is 10.7 Å². The molecule has 0 radical (unpaired) electrons. The Morgan fingerprint density at radius 1 is 1.60 bits per heavy atom.